The minimum Gasteiger partial charge on any atom is -0.389 e. The summed E-state index contributed by atoms with van der Waals surface area (Å²) in [6.45, 7) is 0. The van der Waals surface area contributed by atoms with Crippen molar-refractivity contribution in [2.24, 2.45) is 17.8 Å². The fourth-order valence-corrected chi connectivity index (χ4v) is 6.91. The number of amides is 1. The van der Waals surface area contributed by atoms with Crippen LogP contribution in [0.4, 0.5) is 0 Å². The molecule has 192 valence electrons. The van der Waals surface area contributed by atoms with Crippen LogP contribution in [0.3, 0.4) is 0 Å². The highest BCUT2D eigenvalue weighted by Crippen LogP contribution is 2.46. The van der Waals surface area contributed by atoms with Gasteiger partial charge in [-0.15, -0.1) is 0 Å². The molecule has 1 saturated carbocycles. The third-order valence-electron chi connectivity index (χ3n) is 7.80. The van der Waals surface area contributed by atoms with Crippen molar-refractivity contribution in [3.8, 4) is 0 Å². The molecular formula is C28H39NO5S. The van der Waals surface area contributed by atoms with E-state index in [0.29, 0.717) is 30.3 Å². The number of aliphatic hydroxyl groups excluding tert-OH is 1. The van der Waals surface area contributed by atoms with Crippen molar-refractivity contribution in [2.75, 3.05) is 0 Å². The second-order valence-electron chi connectivity index (χ2n) is 10.2. The third-order valence-corrected chi connectivity index (χ3v) is 9.19. The number of rotatable bonds is 11. The predicted octanol–water partition coefficient (Wildman–Crippen LogP) is 4.90. The molecule has 2 heterocycles. The number of hydrogen-bond donors (Lipinski definition) is 2. The summed E-state index contributed by atoms with van der Waals surface area (Å²) in [6.07, 6.45) is 19.3. The quantitative estimate of drug-likeness (QED) is 0.332. The Hall–Kier alpha value is -1.96. The number of benzene rings is 1. The number of allylic oxidation sites excluding steroid dienone is 2. The fraction of sp³-hybridized carbons (Fsp3) is 0.607. The van der Waals surface area contributed by atoms with Gasteiger partial charge in [0.2, 0.25) is 5.91 Å². The first-order chi connectivity index (χ1) is 16.9. The minimum atomic E-state index is -3.80. The van der Waals surface area contributed by atoms with E-state index in [4.69, 9.17) is 4.74 Å². The van der Waals surface area contributed by atoms with Gasteiger partial charge in [-0.3, -0.25) is 4.79 Å². The Labute approximate surface area is 209 Å². The van der Waals surface area contributed by atoms with E-state index >= 15 is 0 Å². The first kappa shape index (κ1) is 26.1. The highest BCUT2D eigenvalue weighted by atomic mass is 32.2. The van der Waals surface area contributed by atoms with E-state index < -0.39 is 15.9 Å². The van der Waals surface area contributed by atoms with Gasteiger partial charge in [0.1, 0.15) is 0 Å². The Kier molecular flexibility index (Phi) is 9.20. The number of nitrogens with one attached hydrogen (secondary N) is 1. The molecule has 1 aliphatic carbocycles. The number of hydrogen-bond acceptors (Lipinski definition) is 5. The van der Waals surface area contributed by atoms with E-state index in [0.717, 1.165) is 38.5 Å². The van der Waals surface area contributed by atoms with Crippen LogP contribution in [0.1, 0.15) is 70.6 Å². The molecule has 7 heteroatoms. The number of aliphatic hydroxyl groups is 1. The van der Waals surface area contributed by atoms with E-state index in [1.54, 1.807) is 18.2 Å². The van der Waals surface area contributed by atoms with Crippen LogP contribution in [0.2, 0.25) is 0 Å². The highest BCUT2D eigenvalue weighted by Gasteiger charge is 2.46. The molecular weight excluding hydrogens is 462 g/mol. The smallest absolute Gasteiger partial charge is 0.264 e. The maximum absolute atomic E-state index is 12.2. The zero-order chi connectivity index (χ0) is 24.7. The molecule has 35 heavy (non-hydrogen) atoms. The maximum Gasteiger partial charge on any atom is 0.264 e. The predicted molar refractivity (Wildman–Crippen MR) is 136 cm³/mol. The molecule has 6 nitrogen and oxygen atoms in total. The second-order valence-corrected chi connectivity index (χ2v) is 11.9. The zero-order valence-corrected chi connectivity index (χ0v) is 21.2. The molecule has 4 rings (SSSR count). The number of unbranched alkanes of at least 4 members (excludes halogenated alkanes) is 1. The van der Waals surface area contributed by atoms with Crippen molar-refractivity contribution in [2.45, 2.75) is 93.8 Å². The van der Waals surface area contributed by atoms with Gasteiger partial charge in [0.05, 0.1) is 23.2 Å². The van der Waals surface area contributed by atoms with Crippen LogP contribution in [-0.4, -0.2) is 37.7 Å². The summed E-state index contributed by atoms with van der Waals surface area (Å²) in [5.41, 5.74) is 0. The van der Waals surface area contributed by atoms with E-state index in [9.17, 15) is 18.3 Å². The lowest BCUT2D eigenvalue weighted by atomic mass is 9.76. The van der Waals surface area contributed by atoms with Crippen molar-refractivity contribution in [3.05, 3.63) is 54.6 Å². The molecule has 1 aromatic carbocycles. The topological polar surface area (TPSA) is 92.7 Å². The number of fused-ring (bicyclic) bond motifs is 2. The van der Waals surface area contributed by atoms with E-state index in [1.165, 1.54) is 31.4 Å². The molecule has 5 atom stereocenters. The number of carbonyl (C=O) groups is 1. The molecule has 2 N–H and O–H groups in total. The Balaban J connectivity index is 1.19. The van der Waals surface area contributed by atoms with Crippen LogP contribution < -0.4 is 4.72 Å². The van der Waals surface area contributed by atoms with Crippen molar-refractivity contribution in [3.63, 3.8) is 0 Å². The van der Waals surface area contributed by atoms with E-state index in [1.807, 2.05) is 6.08 Å². The summed E-state index contributed by atoms with van der Waals surface area (Å²) in [5.74, 6) is 0.702. The molecule has 0 radical (unpaired) electrons. The third kappa shape index (κ3) is 7.05. The summed E-state index contributed by atoms with van der Waals surface area (Å²) < 4.78 is 32.8. The molecule has 1 amide bonds. The Morgan fingerprint density at radius 3 is 2.57 bits per heavy atom. The summed E-state index contributed by atoms with van der Waals surface area (Å²) in [7, 11) is -3.80. The largest absolute Gasteiger partial charge is 0.389 e. The number of carbonyl (C=O) groups excluding carboxylic acids is 1. The average molecular weight is 502 g/mol. The summed E-state index contributed by atoms with van der Waals surface area (Å²) in [6, 6.07) is 7.93. The van der Waals surface area contributed by atoms with Gasteiger partial charge in [-0.2, -0.15) is 0 Å². The molecule has 0 aromatic heterocycles. The Morgan fingerprint density at radius 2 is 1.80 bits per heavy atom. The molecule has 1 unspecified atom stereocenters. The van der Waals surface area contributed by atoms with Crippen molar-refractivity contribution < 1.29 is 23.1 Å². The molecule has 2 aliphatic heterocycles. The zero-order valence-electron chi connectivity index (χ0n) is 20.4. The van der Waals surface area contributed by atoms with Crippen LogP contribution in [0.15, 0.2) is 59.5 Å². The summed E-state index contributed by atoms with van der Waals surface area (Å²) in [5, 5.41) is 10.6. The molecule has 2 saturated heterocycles. The molecule has 0 spiro atoms. The number of ether oxygens (including phenoxy) is 1. The van der Waals surface area contributed by atoms with E-state index in [2.05, 4.69) is 23.0 Å². The first-order valence-corrected chi connectivity index (χ1v) is 14.7. The van der Waals surface area contributed by atoms with Gasteiger partial charge in [0.25, 0.3) is 10.0 Å². The highest BCUT2D eigenvalue weighted by molar-refractivity contribution is 7.90. The van der Waals surface area contributed by atoms with Crippen LogP contribution in [-0.2, 0) is 19.6 Å². The lowest BCUT2D eigenvalue weighted by Crippen LogP contribution is -2.30. The Bertz CT molecular complexity index is 984. The van der Waals surface area contributed by atoms with Gasteiger partial charge in [-0.1, -0.05) is 61.8 Å². The van der Waals surface area contributed by atoms with Crippen LogP contribution in [0, 0.1) is 17.8 Å². The molecule has 1 aromatic rings. The minimum absolute atomic E-state index is 0.0937. The Morgan fingerprint density at radius 1 is 1.06 bits per heavy atom. The van der Waals surface area contributed by atoms with Gasteiger partial charge in [-0.25, -0.2) is 13.1 Å². The van der Waals surface area contributed by atoms with Crippen LogP contribution in [0.25, 0.3) is 0 Å². The molecule has 3 fully saturated rings. The summed E-state index contributed by atoms with van der Waals surface area (Å²) >= 11 is 0. The van der Waals surface area contributed by atoms with E-state index in [-0.39, 0.29) is 23.5 Å². The summed E-state index contributed by atoms with van der Waals surface area (Å²) in [4.78, 5) is 12.2. The number of sulfonamides is 1. The lowest BCUT2D eigenvalue weighted by Gasteiger charge is -2.27. The molecule has 2 bridgehead atoms. The van der Waals surface area contributed by atoms with Crippen molar-refractivity contribution in [1.29, 1.82) is 0 Å². The standard InChI is InChI=1S/C28H39NO5S/c30-25(21-11-5-3-6-12-21)18-17-24-23(26-19-20-27(24)34-26)15-9-1-2-10-16-28(31)29-35(32,33)22-13-7-4-8-14-22/h1,4,7-9,13-14,17-18,21,23-27,30H,2-3,5-6,10-12,15-16,19-20H2,(H,29,31)/b9-1-,18-17+/t23-,24-,25?,26+,27-/m1/s1. The van der Waals surface area contributed by atoms with Crippen molar-refractivity contribution in [1.82, 2.24) is 4.72 Å². The fourth-order valence-electron chi connectivity index (χ4n) is 5.87. The maximum atomic E-state index is 12.2. The van der Waals surface area contributed by atoms with Gasteiger partial charge in [0, 0.05) is 12.3 Å². The average Bonchev–Trinajstić information content (AvgIpc) is 3.47. The monoisotopic (exact) mass is 501 g/mol. The molecule has 3 aliphatic rings. The van der Waals surface area contributed by atoms with Crippen LogP contribution >= 0.6 is 0 Å². The van der Waals surface area contributed by atoms with Gasteiger partial charge >= 0.3 is 0 Å². The SMILES string of the molecule is O=C(CCC/C=C\C[C@@H]1[C@@H](/C=C/C(O)C2CCCCC2)[C@H]2CC[C@@H]1O2)NS(=O)(=O)c1ccccc1. The van der Waals surface area contributed by atoms with Crippen LogP contribution in [0.5, 0.6) is 0 Å². The lowest BCUT2D eigenvalue weighted by molar-refractivity contribution is -0.119. The van der Waals surface area contributed by atoms with Gasteiger partial charge in [0.15, 0.2) is 0 Å². The van der Waals surface area contributed by atoms with Crippen molar-refractivity contribution >= 4 is 15.9 Å². The normalized spacial score (nSPS) is 28.1. The second kappa shape index (κ2) is 12.3. The van der Waals surface area contributed by atoms with Gasteiger partial charge in [-0.05, 0) is 68.9 Å². The first-order valence-electron chi connectivity index (χ1n) is 13.2. The van der Waals surface area contributed by atoms with Gasteiger partial charge < -0.3 is 9.84 Å².